The summed E-state index contributed by atoms with van der Waals surface area (Å²) >= 11 is 0. The van der Waals surface area contributed by atoms with Crippen molar-refractivity contribution in [2.45, 2.75) is 51.2 Å². The van der Waals surface area contributed by atoms with Crippen LogP contribution in [-0.2, 0) is 0 Å². The van der Waals surface area contributed by atoms with Crippen LogP contribution in [0.1, 0.15) is 39.0 Å². The van der Waals surface area contributed by atoms with Crippen molar-refractivity contribution in [3.63, 3.8) is 0 Å². The monoisotopic (exact) mass is 183 g/mol. The van der Waals surface area contributed by atoms with Crippen LogP contribution in [0.2, 0.25) is 0 Å². The first kappa shape index (κ1) is 9.47. The lowest BCUT2D eigenvalue weighted by Crippen LogP contribution is -2.38. The van der Waals surface area contributed by atoms with Crippen molar-refractivity contribution in [2.24, 2.45) is 5.92 Å². The van der Waals surface area contributed by atoms with Crippen LogP contribution in [0.3, 0.4) is 0 Å². The summed E-state index contributed by atoms with van der Waals surface area (Å²) in [6, 6.07) is 0.809. The second kappa shape index (κ2) is 3.97. The third-order valence-corrected chi connectivity index (χ3v) is 3.62. The lowest BCUT2D eigenvalue weighted by Gasteiger charge is -2.32. The van der Waals surface area contributed by atoms with Gasteiger partial charge in [-0.25, -0.2) is 0 Å². The zero-order chi connectivity index (χ0) is 9.26. The molecule has 3 atom stereocenters. The van der Waals surface area contributed by atoms with Crippen molar-refractivity contribution in [3.05, 3.63) is 0 Å². The van der Waals surface area contributed by atoms with Crippen LogP contribution in [0.25, 0.3) is 0 Å². The van der Waals surface area contributed by atoms with Crippen LogP contribution in [-0.4, -0.2) is 35.2 Å². The van der Waals surface area contributed by atoms with Crippen molar-refractivity contribution < 1.29 is 5.11 Å². The van der Waals surface area contributed by atoms with E-state index in [2.05, 4.69) is 4.90 Å². The summed E-state index contributed by atoms with van der Waals surface area (Å²) in [5, 5.41) is 9.36. The number of hydrogen-bond acceptors (Lipinski definition) is 2. The zero-order valence-corrected chi connectivity index (χ0v) is 8.58. The number of nitrogens with zero attached hydrogens (tertiary/aromatic N) is 1. The van der Waals surface area contributed by atoms with E-state index in [4.69, 9.17) is 0 Å². The quantitative estimate of drug-likeness (QED) is 0.703. The molecule has 2 fully saturated rings. The molecule has 13 heavy (non-hydrogen) atoms. The van der Waals surface area contributed by atoms with Crippen LogP contribution >= 0.6 is 0 Å². The molecule has 1 N–H and O–H groups in total. The maximum Gasteiger partial charge on any atom is 0.0639 e. The summed E-state index contributed by atoms with van der Waals surface area (Å²) in [5.74, 6) is 0.951. The van der Waals surface area contributed by atoms with E-state index < -0.39 is 0 Å². The van der Waals surface area contributed by atoms with Gasteiger partial charge in [0.25, 0.3) is 0 Å². The zero-order valence-electron chi connectivity index (χ0n) is 8.58. The molecule has 2 aliphatic rings. The lowest BCUT2D eigenvalue weighted by atomic mass is 9.85. The lowest BCUT2D eigenvalue weighted by molar-refractivity contribution is 0.100. The first-order valence-electron chi connectivity index (χ1n) is 5.69. The predicted octanol–water partition coefficient (Wildman–Crippen LogP) is 1.63. The molecule has 0 bridgehead atoms. The van der Waals surface area contributed by atoms with E-state index in [0.717, 1.165) is 18.5 Å². The molecule has 0 amide bonds. The number of aliphatic hydroxyl groups is 1. The van der Waals surface area contributed by atoms with E-state index in [1.807, 2.05) is 6.92 Å². The summed E-state index contributed by atoms with van der Waals surface area (Å²) in [5.41, 5.74) is 0. The highest BCUT2D eigenvalue weighted by Gasteiger charge is 2.35. The minimum Gasteiger partial charge on any atom is -0.392 e. The van der Waals surface area contributed by atoms with Gasteiger partial charge < -0.3 is 5.11 Å². The fourth-order valence-corrected chi connectivity index (χ4v) is 3.07. The Morgan fingerprint density at radius 2 is 2.08 bits per heavy atom. The average Bonchev–Trinajstić information content (AvgIpc) is 2.48. The number of β-amino-alcohol motifs (C(OH)–C–C–N with tert-alkyl or cyclic N) is 1. The van der Waals surface area contributed by atoms with Gasteiger partial charge in [0, 0.05) is 12.6 Å². The van der Waals surface area contributed by atoms with Gasteiger partial charge >= 0.3 is 0 Å². The number of aliphatic hydroxyl groups excluding tert-OH is 1. The topological polar surface area (TPSA) is 23.5 Å². The SMILES string of the molecule is C[C@@H](O)CN1CC[C@@H]2CCCC[C@@H]21. The molecule has 1 saturated heterocycles. The Morgan fingerprint density at radius 1 is 1.31 bits per heavy atom. The average molecular weight is 183 g/mol. The number of likely N-dealkylation sites (tertiary alicyclic amines) is 1. The van der Waals surface area contributed by atoms with Gasteiger partial charge in [-0.05, 0) is 38.6 Å². The maximum absolute atomic E-state index is 9.36. The molecular weight excluding hydrogens is 162 g/mol. The van der Waals surface area contributed by atoms with Gasteiger partial charge in [-0.1, -0.05) is 12.8 Å². The number of fused-ring (bicyclic) bond motifs is 1. The summed E-state index contributed by atoms with van der Waals surface area (Å²) < 4.78 is 0. The highest BCUT2D eigenvalue weighted by molar-refractivity contribution is 4.90. The third kappa shape index (κ3) is 2.05. The Morgan fingerprint density at radius 3 is 2.85 bits per heavy atom. The van der Waals surface area contributed by atoms with Crippen molar-refractivity contribution in [3.8, 4) is 0 Å². The minimum absolute atomic E-state index is 0.152. The molecule has 0 aromatic rings. The first-order chi connectivity index (χ1) is 6.27. The van der Waals surface area contributed by atoms with Crippen molar-refractivity contribution in [1.82, 2.24) is 4.90 Å². The highest BCUT2D eigenvalue weighted by atomic mass is 16.3. The molecule has 1 aliphatic carbocycles. The molecule has 2 nitrogen and oxygen atoms in total. The molecule has 0 spiro atoms. The smallest absolute Gasteiger partial charge is 0.0639 e. The predicted molar refractivity (Wildman–Crippen MR) is 53.6 cm³/mol. The summed E-state index contributed by atoms with van der Waals surface area (Å²) in [6.07, 6.45) is 6.86. The first-order valence-corrected chi connectivity index (χ1v) is 5.69. The van der Waals surface area contributed by atoms with Crippen LogP contribution in [0, 0.1) is 5.92 Å². The van der Waals surface area contributed by atoms with E-state index >= 15 is 0 Å². The van der Waals surface area contributed by atoms with Gasteiger partial charge in [-0.15, -0.1) is 0 Å². The Labute approximate surface area is 80.9 Å². The molecule has 0 radical (unpaired) electrons. The van der Waals surface area contributed by atoms with Gasteiger partial charge in [-0.2, -0.15) is 0 Å². The number of hydrogen-bond donors (Lipinski definition) is 1. The van der Waals surface area contributed by atoms with Crippen molar-refractivity contribution in [2.75, 3.05) is 13.1 Å². The van der Waals surface area contributed by atoms with Gasteiger partial charge in [0.05, 0.1) is 6.10 Å². The van der Waals surface area contributed by atoms with Gasteiger partial charge in [0.15, 0.2) is 0 Å². The Bertz CT molecular complexity index is 169. The van der Waals surface area contributed by atoms with E-state index in [-0.39, 0.29) is 6.10 Å². The molecule has 0 aromatic carbocycles. The summed E-state index contributed by atoms with van der Waals surface area (Å²) in [6.45, 7) is 4.01. The maximum atomic E-state index is 9.36. The van der Waals surface area contributed by atoms with E-state index in [9.17, 15) is 5.11 Å². The van der Waals surface area contributed by atoms with Gasteiger partial charge in [-0.3, -0.25) is 4.90 Å². The molecule has 76 valence electrons. The van der Waals surface area contributed by atoms with Gasteiger partial charge in [0.1, 0.15) is 0 Å². The summed E-state index contributed by atoms with van der Waals surface area (Å²) in [4.78, 5) is 2.51. The summed E-state index contributed by atoms with van der Waals surface area (Å²) in [7, 11) is 0. The van der Waals surface area contributed by atoms with Crippen molar-refractivity contribution in [1.29, 1.82) is 0 Å². The molecule has 2 heteroatoms. The molecular formula is C11H21NO. The normalized spacial score (nSPS) is 37.4. The highest BCUT2D eigenvalue weighted by Crippen LogP contribution is 2.35. The fraction of sp³-hybridized carbons (Fsp3) is 1.00. The van der Waals surface area contributed by atoms with E-state index in [0.29, 0.717) is 0 Å². The van der Waals surface area contributed by atoms with Crippen molar-refractivity contribution >= 4 is 0 Å². The Balaban J connectivity index is 1.91. The standard InChI is InChI=1S/C11H21NO/c1-9(13)8-12-7-6-10-4-2-3-5-11(10)12/h9-11,13H,2-8H2,1H3/t9-,10+,11+/m1/s1. The van der Waals surface area contributed by atoms with E-state index in [1.165, 1.54) is 38.6 Å². The third-order valence-electron chi connectivity index (χ3n) is 3.62. The number of rotatable bonds is 2. The minimum atomic E-state index is -0.152. The molecule has 0 aromatic heterocycles. The van der Waals surface area contributed by atoms with Gasteiger partial charge in [0.2, 0.25) is 0 Å². The largest absolute Gasteiger partial charge is 0.392 e. The molecule has 1 aliphatic heterocycles. The van der Waals surface area contributed by atoms with Crippen LogP contribution in [0.4, 0.5) is 0 Å². The Hall–Kier alpha value is -0.0800. The Kier molecular flexibility index (Phi) is 2.89. The van der Waals surface area contributed by atoms with Crippen LogP contribution < -0.4 is 0 Å². The molecule has 1 saturated carbocycles. The molecule has 2 rings (SSSR count). The second-order valence-electron chi connectivity index (χ2n) is 4.74. The molecule has 0 unspecified atom stereocenters. The van der Waals surface area contributed by atoms with Crippen LogP contribution in [0.5, 0.6) is 0 Å². The fourth-order valence-electron chi connectivity index (χ4n) is 3.07. The van der Waals surface area contributed by atoms with E-state index in [1.54, 1.807) is 0 Å². The second-order valence-corrected chi connectivity index (χ2v) is 4.74. The van der Waals surface area contributed by atoms with Crippen LogP contribution in [0.15, 0.2) is 0 Å². The molecule has 1 heterocycles.